The molecule has 2 aromatic heterocycles. The summed E-state index contributed by atoms with van der Waals surface area (Å²) < 4.78 is 32.6. The lowest BCUT2D eigenvalue weighted by molar-refractivity contribution is 0.207. The number of carbonyl (C=O) groups is 1. The minimum absolute atomic E-state index is 0.118. The molecule has 0 spiro atoms. The van der Waals surface area contributed by atoms with Crippen LogP contribution in [0, 0.1) is 18.6 Å². The lowest BCUT2D eigenvalue weighted by Crippen LogP contribution is -2.50. The first kappa shape index (κ1) is 18.9. The Bertz CT molecular complexity index is 1030. The number of urea groups is 1. The maximum Gasteiger partial charge on any atom is 0.324 e. The summed E-state index contributed by atoms with van der Waals surface area (Å²) in [5.74, 6) is -0.865. The molecule has 0 aliphatic carbocycles. The Morgan fingerprint density at radius 1 is 1.10 bits per heavy atom. The van der Waals surface area contributed by atoms with E-state index in [1.54, 1.807) is 30.0 Å². The molecule has 1 aromatic carbocycles. The third-order valence-electron chi connectivity index (χ3n) is 4.71. The summed E-state index contributed by atoms with van der Waals surface area (Å²) in [6.07, 6.45) is 0. The van der Waals surface area contributed by atoms with Gasteiger partial charge >= 0.3 is 6.03 Å². The number of piperazine rings is 1. The van der Waals surface area contributed by atoms with Crippen molar-refractivity contribution in [3.63, 3.8) is 0 Å². The second-order valence-corrected chi connectivity index (χ2v) is 6.72. The van der Waals surface area contributed by atoms with E-state index in [1.807, 2.05) is 11.0 Å². The molecular weight excluding hydrogens is 380 g/mol. The SMILES string of the molecule is Cc1cc(NC(=O)N2CCN(c3cccc(-c4cccc(F)c4F)n3)CC2)on1. The van der Waals surface area contributed by atoms with Crippen molar-refractivity contribution in [2.45, 2.75) is 6.92 Å². The van der Waals surface area contributed by atoms with Crippen LogP contribution in [0.1, 0.15) is 5.69 Å². The van der Waals surface area contributed by atoms with Crippen molar-refractivity contribution in [1.29, 1.82) is 0 Å². The van der Waals surface area contributed by atoms with Crippen molar-refractivity contribution in [3.05, 3.63) is 59.8 Å². The van der Waals surface area contributed by atoms with Crippen LogP contribution in [0.2, 0.25) is 0 Å². The van der Waals surface area contributed by atoms with Gasteiger partial charge in [-0.25, -0.2) is 18.6 Å². The van der Waals surface area contributed by atoms with Crippen LogP contribution in [-0.4, -0.2) is 47.3 Å². The molecule has 1 N–H and O–H groups in total. The van der Waals surface area contributed by atoms with Crippen molar-refractivity contribution >= 4 is 17.7 Å². The van der Waals surface area contributed by atoms with E-state index in [1.165, 1.54) is 12.1 Å². The molecular formula is C20H19F2N5O2. The van der Waals surface area contributed by atoms with Gasteiger partial charge in [-0.1, -0.05) is 17.3 Å². The normalized spacial score (nSPS) is 14.2. The molecule has 150 valence electrons. The summed E-state index contributed by atoms with van der Waals surface area (Å²) in [4.78, 5) is 20.5. The molecule has 0 radical (unpaired) electrons. The number of halogens is 2. The van der Waals surface area contributed by atoms with Gasteiger partial charge in [0.05, 0.1) is 11.4 Å². The van der Waals surface area contributed by atoms with Crippen LogP contribution >= 0.6 is 0 Å². The van der Waals surface area contributed by atoms with Gasteiger partial charge in [0.2, 0.25) is 5.88 Å². The number of nitrogens with one attached hydrogen (secondary N) is 1. The molecule has 4 rings (SSSR count). The zero-order valence-corrected chi connectivity index (χ0v) is 15.7. The number of hydrogen-bond acceptors (Lipinski definition) is 5. The van der Waals surface area contributed by atoms with Gasteiger partial charge < -0.3 is 14.3 Å². The summed E-state index contributed by atoms with van der Waals surface area (Å²) in [6.45, 7) is 3.86. The Morgan fingerprint density at radius 3 is 2.59 bits per heavy atom. The summed E-state index contributed by atoms with van der Waals surface area (Å²) in [7, 11) is 0. The summed E-state index contributed by atoms with van der Waals surface area (Å²) in [5.41, 5.74) is 1.17. The summed E-state index contributed by atoms with van der Waals surface area (Å²) in [5, 5.41) is 6.41. The van der Waals surface area contributed by atoms with Crippen molar-refractivity contribution in [3.8, 4) is 11.3 Å². The average Bonchev–Trinajstić information content (AvgIpc) is 3.15. The van der Waals surface area contributed by atoms with E-state index < -0.39 is 11.6 Å². The van der Waals surface area contributed by atoms with E-state index in [0.29, 0.717) is 49.3 Å². The topological polar surface area (TPSA) is 74.5 Å². The van der Waals surface area contributed by atoms with Gasteiger partial charge in [-0.05, 0) is 31.2 Å². The highest BCUT2D eigenvalue weighted by atomic mass is 19.2. The molecule has 0 atom stereocenters. The second-order valence-electron chi connectivity index (χ2n) is 6.72. The van der Waals surface area contributed by atoms with E-state index in [-0.39, 0.29) is 11.6 Å². The molecule has 0 saturated carbocycles. The Morgan fingerprint density at radius 2 is 1.86 bits per heavy atom. The van der Waals surface area contributed by atoms with Crippen LogP contribution in [-0.2, 0) is 0 Å². The van der Waals surface area contributed by atoms with E-state index in [4.69, 9.17) is 4.52 Å². The van der Waals surface area contributed by atoms with Crippen LogP contribution in [0.15, 0.2) is 47.0 Å². The average molecular weight is 399 g/mol. The van der Waals surface area contributed by atoms with Crippen molar-refractivity contribution in [2.75, 3.05) is 36.4 Å². The maximum atomic E-state index is 14.1. The maximum absolute atomic E-state index is 14.1. The predicted molar refractivity (Wildman–Crippen MR) is 104 cm³/mol. The van der Waals surface area contributed by atoms with E-state index in [9.17, 15) is 13.6 Å². The Balaban J connectivity index is 1.42. The van der Waals surface area contributed by atoms with Gasteiger partial charge in [-0.3, -0.25) is 5.32 Å². The van der Waals surface area contributed by atoms with Gasteiger partial charge in [0.25, 0.3) is 0 Å². The van der Waals surface area contributed by atoms with Crippen LogP contribution in [0.3, 0.4) is 0 Å². The summed E-state index contributed by atoms with van der Waals surface area (Å²) >= 11 is 0. The number of amides is 2. The van der Waals surface area contributed by atoms with Crippen LogP contribution in [0.4, 0.5) is 25.3 Å². The third kappa shape index (κ3) is 4.03. The number of hydrogen-bond donors (Lipinski definition) is 1. The van der Waals surface area contributed by atoms with Crippen LogP contribution in [0.5, 0.6) is 0 Å². The van der Waals surface area contributed by atoms with Gasteiger partial charge in [0.1, 0.15) is 5.82 Å². The third-order valence-corrected chi connectivity index (χ3v) is 4.71. The molecule has 2 amide bonds. The predicted octanol–water partition coefficient (Wildman–Crippen LogP) is 3.68. The standard InChI is InChI=1S/C20H19F2N5O2/c1-13-12-18(29-25-13)24-20(28)27-10-8-26(9-11-27)17-7-3-6-16(23-17)14-4-2-5-15(21)19(14)22/h2-7,12H,8-11H2,1H3,(H,24,28). The zero-order valence-electron chi connectivity index (χ0n) is 15.7. The van der Waals surface area contributed by atoms with Crippen molar-refractivity contribution in [2.24, 2.45) is 0 Å². The molecule has 3 heterocycles. The van der Waals surface area contributed by atoms with Crippen molar-refractivity contribution < 1.29 is 18.1 Å². The number of aromatic nitrogens is 2. The number of nitrogens with zero attached hydrogens (tertiary/aromatic N) is 4. The molecule has 7 nitrogen and oxygen atoms in total. The van der Waals surface area contributed by atoms with Crippen LogP contribution < -0.4 is 10.2 Å². The van der Waals surface area contributed by atoms with E-state index >= 15 is 0 Å². The highest BCUT2D eigenvalue weighted by Gasteiger charge is 2.23. The molecule has 9 heteroatoms. The second kappa shape index (κ2) is 7.86. The van der Waals surface area contributed by atoms with Gasteiger partial charge in [-0.2, -0.15) is 0 Å². The molecule has 29 heavy (non-hydrogen) atoms. The molecule has 1 aliphatic heterocycles. The van der Waals surface area contributed by atoms with E-state index in [0.717, 1.165) is 6.07 Å². The fourth-order valence-electron chi connectivity index (χ4n) is 3.20. The Labute approximate surface area is 165 Å². The highest BCUT2D eigenvalue weighted by Crippen LogP contribution is 2.25. The zero-order chi connectivity index (χ0) is 20.4. The number of pyridine rings is 1. The fraction of sp³-hybridized carbons (Fsp3) is 0.250. The lowest BCUT2D eigenvalue weighted by Gasteiger charge is -2.35. The molecule has 0 bridgehead atoms. The highest BCUT2D eigenvalue weighted by molar-refractivity contribution is 5.88. The lowest BCUT2D eigenvalue weighted by atomic mass is 10.1. The molecule has 3 aromatic rings. The van der Waals surface area contributed by atoms with Gasteiger partial charge in [0, 0.05) is 37.8 Å². The fourth-order valence-corrected chi connectivity index (χ4v) is 3.20. The number of benzene rings is 1. The molecule has 1 fully saturated rings. The number of carbonyl (C=O) groups excluding carboxylic acids is 1. The molecule has 1 saturated heterocycles. The van der Waals surface area contributed by atoms with Gasteiger partial charge in [0.15, 0.2) is 11.6 Å². The first-order valence-electron chi connectivity index (χ1n) is 9.17. The largest absolute Gasteiger partial charge is 0.353 e. The first-order valence-corrected chi connectivity index (χ1v) is 9.17. The van der Waals surface area contributed by atoms with Crippen LogP contribution in [0.25, 0.3) is 11.3 Å². The summed E-state index contributed by atoms with van der Waals surface area (Å²) in [6, 6.07) is 10.6. The Kier molecular flexibility index (Phi) is 5.11. The van der Waals surface area contributed by atoms with E-state index in [2.05, 4.69) is 15.5 Å². The molecule has 0 unspecified atom stereocenters. The minimum atomic E-state index is -0.915. The quantitative estimate of drug-likeness (QED) is 0.727. The van der Waals surface area contributed by atoms with Gasteiger partial charge in [-0.15, -0.1) is 0 Å². The number of aryl methyl sites for hydroxylation is 1. The molecule has 1 aliphatic rings. The Hall–Kier alpha value is -3.49. The number of rotatable bonds is 3. The van der Waals surface area contributed by atoms with Crippen molar-refractivity contribution in [1.82, 2.24) is 15.0 Å². The monoisotopic (exact) mass is 399 g/mol. The number of anilines is 2. The first-order chi connectivity index (χ1) is 14.0. The smallest absolute Gasteiger partial charge is 0.324 e. The minimum Gasteiger partial charge on any atom is -0.353 e.